The summed E-state index contributed by atoms with van der Waals surface area (Å²) in [4.78, 5) is 16.7. The van der Waals surface area contributed by atoms with Crippen LogP contribution in [0.5, 0.6) is 0 Å². The second kappa shape index (κ2) is 4.83. The number of carboxylic acid groups (broad SMARTS) is 1. The van der Waals surface area contributed by atoms with Crippen LogP contribution in [0.15, 0.2) is 18.3 Å². The zero-order valence-electron chi connectivity index (χ0n) is 10.4. The minimum Gasteiger partial charge on any atom is -0.543 e. The number of pyridine rings is 1. The summed E-state index contributed by atoms with van der Waals surface area (Å²) in [6.45, 7) is 2.78. The molecule has 0 bridgehead atoms. The molecule has 0 radical (unpaired) electrons. The van der Waals surface area contributed by atoms with Crippen molar-refractivity contribution in [1.82, 2.24) is 9.38 Å². The fourth-order valence-corrected chi connectivity index (χ4v) is 2.85. The Morgan fingerprint density at radius 1 is 1.42 bits per heavy atom. The average molecular weight is 280 g/mol. The number of halogens is 1. The Morgan fingerprint density at radius 2 is 2.16 bits per heavy atom. The van der Waals surface area contributed by atoms with Gasteiger partial charge < -0.3 is 14.8 Å². The maximum atomic E-state index is 11.2. The predicted molar refractivity (Wildman–Crippen MR) is 68.2 cm³/mol. The standard InChI is InChI=1S/C13H14ClN3O2/c14-9-3-4-11-15-12(13(18)19)10(17(11)7-9)8-16-5-1-2-6-16/h3-4,7H,1-2,5-6,8H2,(H,18,19). The number of nitrogens with zero attached hydrogens (tertiary/aromatic N) is 2. The molecule has 0 saturated carbocycles. The third-order valence-electron chi connectivity index (χ3n) is 3.60. The van der Waals surface area contributed by atoms with Crippen molar-refractivity contribution in [2.45, 2.75) is 19.4 Å². The lowest BCUT2D eigenvalue weighted by molar-refractivity contribution is -0.901. The van der Waals surface area contributed by atoms with Crippen molar-refractivity contribution in [2.24, 2.45) is 0 Å². The first kappa shape index (κ1) is 12.4. The number of carboxylic acids is 1. The lowest BCUT2D eigenvalue weighted by Crippen LogP contribution is -3.08. The van der Waals surface area contributed by atoms with Crippen molar-refractivity contribution in [2.75, 3.05) is 13.1 Å². The third kappa shape index (κ3) is 2.31. The van der Waals surface area contributed by atoms with E-state index < -0.39 is 5.97 Å². The number of quaternary nitrogens is 1. The van der Waals surface area contributed by atoms with E-state index in [0.717, 1.165) is 13.1 Å². The van der Waals surface area contributed by atoms with Gasteiger partial charge in [-0.1, -0.05) is 11.6 Å². The first-order chi connectivity index (χ1) is 9.15. The lowest BCUT2D eigenvalue weighted by atomic mass is 10.3. The highest BCUT2D eigenvalue weighted by Gasteiger charge is 2.21. The quantitative estimate of drug-likeness (QED) is 0.826. The van der Waals surface area contributed by atoms with Crippen LogP contribution in [0.1, 0.15) is 29.0 Å². The van der Waals surface area contributed by atoms with Gasteiger partial charge in [0.2, 0.25) is 0 Å². The Morgan fingerprint density at radius 3 is 2.84 bits per heavy atom. The number of rotatable bonds is 3. The Balaban J connectivity index is 2.09. The van der Waals surface area contributed by atoms with E-state index in [9.17, 15) is 9.90 Å². The molecule has 1 aliphatic heterocycles. The highest BCUT2D eigenvalue weighted by atomic mass is 35.5. The minimum atomic E-state index is -1.23. The van der Waals surface area contributed by atoms with Gasteiger partial charge in [-0.3, -0.25) is 4.40 Å². The van der Waals surface area contributed by atoms with E-state index in [-0.39, 0.29) is 5.69 Å². The van der Waals surface area contributed by atoms with E-state index in [2.05, 4.69) is 4.98 Å². The topological polar surface area (TPSA) is 61.9 Å². The molecule has 0 spiro atoms. The normalized spacial score (nSPS) is 16.3. The van der Waals surface area contributed by atoms with Gasteiger partial charge in [-0.15, -0.1) is 0 Å². The minimum absolute atomic E-state index is 0.0293. The summed E-state index contributed by atoms with van der Waals surface area (Å²) < 4.78 is 1.76. The van der Waals surface area contributed by atoms with Crippen molar-refractivity contribution in [3.63, 3.8) is 0 Å². The number of hydrogen-bond acceptors (Lipinski definition) is 3. The van der Waals surface area contributed by atoms with E-state index in [1.165, 1.54) is 17.7 Å². The third-order valence-corrected chi connectivity index (χ3v) is 3.83. The summed E-state index contributed by atoms with van der Waals surface area (Å²) >= 11 is 5.98. The van der Waals surface area contributed by atoms with E-state index in [1.54, 1.807) is 22.7 Å². The molecule has 0 unspecified atom stereocenters. The average Bonchev–Trinajstić information content (AvgIpc) is 2.98. The van der Waals surface area contributed by atoms with Gasteiger partial charge >= 0.3 is 0 Å². The zero-order valence-corrected chi connectivity index (χ0v) is 11.1. The number of fused-ring (bicyclic) bond motifs is 1. The van der Waals surface area contributed by atoms with Crippen LogP contribution in [-0.4, -0.2) is 28.4 Å². The van der Waals surface area contributed by atoms with Gasteiger partial charge in [-0.25, -0.2) is 4.98 Å². The smallest absolute Gasteiger partial charge is 0.137 e. The monoisotopic (exact) mass is 279 g/mol. The van der Waals surface area contributed by atoms with Gasteiger partial charge in [0.25, 0.3) is 0 Å². The summed E-state index contributed by atoms with van der Waals surface area (Å²) in [5.74, 6) is -1.23. The Labute approximate surface area is 115 Å². The first-order valence-corrected chi connectivity index (χ1v) is 6.74. The van der Waals surface area contributed by atoms with Crippen LogP contribution in [0.25, 0.3) is 5.65 Å². The van der Waals surface area contributed by atoms with Crippen LogP contribution in [0.3, 0.4) is 0 Å². The summed E-state index contributed by atoms with van der Waals surface area (Å²) in [5, 5.41) is 11.8. The molecule has 0 aliphatic carbocycles. The van der Waals surface area contributed by atoms with Gasteiger partial charge in [0.1, 0.15) is 23.6 Å². The molecule has 2 aromatic heterocycles. The van der Waals surface area contributed by atoms with Crippen LogP contribution < -0.4 is 10.0 Å². The van der Waals surface area contributed by atoms with Crippen LogP contribution in [0, 0.1) is 0 Å². The Bertz CT molecular complexity index is 632. The summed E-state index contributed by atoms with van der Waals surface area (Å²) in [5.41, 5.74) is 1.30. The van der Waals surface area contributed by atoms with E-state index >= 15 is 0 Å². The number of hydrogen-bond donors (Lipinski definition) is 1. The van der Waals surface area contributed by atoms with Crippen LogP contribution in [0.2, 0.25) is 5.02 Å². The van der Waals surface area contributed by atoms with E-state index in [1.807, 2.05) is 0 Å². The molecule has 2 aromatic rings. The van der Waals surface area contributed by atoms with Crippen LogP contribution >= 0.6 is 11.6 Å². The van der Waals surface area contributed by atoms with Crippen molar-refractivity contribution in [1.29, 1.82) is 0 Å². The zero-order chi connectivity index (χ0) is 13.4. The van der Waals surface area contributed by atoms with Crippen molar-refractivity contribution in [3.8, 4) is 0 Å². The molecular formula is C13H14ClN3O2. The Hall–Kier alpha value is -1.59. The molecule has 0 aromatic carbocycles. The molecule has 1 aliphatic rings. The number of imidazole rings is 1. The fraction of sp³-hybridized carbons (Fsp3) is 0.385. The van der Waals surface area contributed by atoms with E-state index in [4.69, 9.17) is 11.6 Å². The molecule has 3 heterocycles. The predicted octanol–water partition coefficient (Wildman–Crippen LogP) is -0.470. The molecule has 19 heavy (non-hydrogen) atoms. The van der Waals surface area contributed by atoms with Gasteiger partial charge in [0, 0.05) is 19.0 Å². The van der Waals surface area contributed by atoms with Crippen molar-refractivity contribution >= 4 is 23.2 Å². The molecule has 1 N–H and O–H groups in total. The Kier molecular flexibility index (Phi) is 3.16. The van der Waals surface area contributed by atoms with Crippen LogP contribution in [0.4, 0.5) is 0 Å². The largest absolute Gasteiger partial charge is 0.543 e. The number of carbonyl (C=O) groups excluding carboxylic acids is 1. The van der Waals surface area contributed by atoms with Gasteiger partial charge in [0.05, 0.1) is 24.1 Å². The number of carbonyl (C=O) groups is 1. The maximum Gasteiger partial charge on any atom is 0.137 e. The highest BCUT2D eigenvalue weighted by molar-refractivity contribution is 6.30. The number of aromatic nitrogens is 2. The summed E-state index contributed by atoms with van der Waals surface area (Å²) in [6.07, 6.45) is 4.09. The highest BCUT2D eigenvalue weighted by Crippen LogP contribution is 2.16. The molecular weight excluding hydrogens is 266 g/mol. The van der Waals surface area contributed by atoms with Crippen molar-refractivity contribution < 1.29 is 14.8 Å². The number of nitrogens with one attached hydrogen (secondary N) is 1. The number of aromatic carboxylic acids is 1. The molecule has 6 heteroatoms. The van der Waals surface area contributed by atoms with Gasteiger partial charge in [-0.05, 0) is 12.1 Å². The van der Waals surface area contributed by atoms with Crippen LogP contribution in [-0.2, 0) is 6.54 Å². The molecule has 0 amide bonds. The first-order valence-electron chi connectivity index (χ1n) is 6.36. The van der Waals surface area contributed by atoms with Gasteiger partial charge in [-0.2, -0.15) is 0 Å². The molecule has 1 fully saturated rings. The second-order valence-electron chi connectivity index (χ2n) is 4.90. The molecule has 5 nitrogen and oxygen atoms in total. The van der Waals surface area contributed by atoms with E-state index in [0.29, 0.717) is 22.9 Å². The summed E-state index contributed by atoms with van der Waals surface area (Å²) in [7, 11) is 0. The fourth-order valence-electron chi connectivity index (χ4n) is 2.69. The SMILES string of the molecule is O=C([O-])c1nc2ccc(Cl)cn2c1C[NH+]1CCCC1. The molecule has 100 valence electrons. The van der Waals surface area contributed by atoms with Crippen molar-refractivity contribution in [3.05, 3.63) is 34.7 Å². The maximum absolute atomic E-state index is 11.2. The van der Waals surface area contributed by atoms with Gasteiger partial charge in [0.15, 0.2) is 0 Å². The molecule has 3 rings (SSSR count). The second-order valence-corrected chi connectivity index (χ2v) is 5.34. The molecule has 0 atom stereocenters. The number of likely N-dealkylation sites (tertiary alicyclic amines) is 1. The summed E-state index contributed by atoms with van der Waals surface area (Å²) in [6, 6.07) is 3.42. The molecule has 1 saturated heterocycles. The lowest BCUT2D eigenvalue weighted by Gasteiger charge is -2.13.